The monoisotopic (exact) mass is 422 g/mol. The second-order valence-corrected chi connectivity index (χ2v) is 7.43. The number of nitrogens with zero attached hydrogens (tertiary/aromatic N) is 4. The van der Waals surface area contributed by atoms with Crippen molar-refractivity contribution in [3.8, 4) is 39.5 Å². The summed E-state index contributed by atoms with van der Waals surface area (Å²) < 4.78 is 13.4. The van der Waals surface area contributed by atoms with Gasteiger partial charge >= 0.3 is 0 Å². The van der Waals surface area contributed by atoms with Gasteiger partial charge in [-0.3, -0.25) is 15.1 Å². The van der Waals surface area contributed by atoms with E-state index < -0.39 is 0 Å². The molecule has 1 aromatic carbocycles. The third kappa shape index (κ3) is 2.97. The highest BCUT2D eigenvalue weighted by Crippen LogP contribution is 2.33. The Bertz CT molecular complexity index is 1600. The third-order valence-electron chi connectivity index (χ3n) is 5.38. The van der Waals surface area contributed by atoms with Crippen molar-refractivity contribution in [2.45, 2.75) is 0 Å². The number of rotatable bonds is 3. The minimum absolute atomic E-state index is 0.0771. The molecule has 0 radical (unpaired) electrons. The van der Waals surface area contributed by atoms with Crippen molar-refractivity contribution in [1.29, 1.82) is 0 Å². The number of aromatic hydroxyl groups is 1. The fraction of sp³-hybridized carbons (Fsp3) is 0. The van der Waals surface area contributed by atoms with Crippen LogP contribution in [0.4, 0.5) is 4.39 Å². The molecule has 5 heterocycles. The fourth-order valence-electron chi connectivity index (χ4n) is 3.85. The molecule has 0 saturated carbocycles. The van der Waals surface area contributed by atoms with Gasteiger partial charge in [0.15, 0.2) is 0 Å². The van der Waals surface area contributed by atoms with Crippen LogP contribution in [0.2, 0.25) is 0 Å². The summed E-state index contributed by atoms with van der Waals surface area (Å²) in [5.74, 6) is -0.205. The van der Waals surface area contributed by atoms with E-state index in [4.69, 9.17) is 4.98 Å². The number of H-pyrrole nitrogens is 2. The first-order valence-corrected chi connectivity index (χ1v) is 9.88. The quantitative estimate of drug-likeness (QED) is 0.369. The molecule has 5 aromatic heterocycles. The van der Waals surface area contributed by atoms with E-state index in [1.54, 1.807) is 36.8 Å². The Kier molecular flexibility index (Phi) is 3.97. The first-order valence-electron chi connectivity index (χ1n) is 9.88. The van der Waals surface area contributed by atoms with E-state index in [1.807, 2.05) is 18.2 Å². The summed E-state index contributed by atoms with van der Waals surface area (Å²) in [6, 6.07) is 13.7. The van der Waals surface area contributed by atoms with Crippen molar-refractivity contribution in [3.05, 3.63) is 79.1 Å². The zero-order valence-corrected chi connectivity index (χ0v) is 16.5. The summed E-state index contributed by atoms with van der Waals surface area (Å²) in [4.78, 5) is 16.5. The molecule has 0 atom stereocenters. The van der Waals surface area contributed by atoms with Gasteiger partial charge in [-0.25, -0.2) is 9.37 Å². The van der Waals surface area contributed by atoms with Crippen molar-refractivity contribution >= 4 is 21.9 Å². The van der Waals surface area contributed by atoms with E-state index in [0.29, 0.717) is 22.5 Å². The fourth-order valence-corrected chi connectivity index (χ4v) is 3.85. The summed E-state index contributed by atoms with van der Waals surface area (Å²) in [5, 5.41) is 18.2. The Hall–Kier alpha value is -4.59. The van der Waals surface area contributed by atoms with Crippen LogP contribution in [-0.2, 0) is 0 Å². The summed E-state index contributed by atoms with van der Waals surface area (Å²) in [6.45, 7) is 0. The summed E-state index contributed by atoms with van der Waals surface area (Å²) >= 11 is 0. The SMILES string of the molecule is Oc1cncc(-c2ccc3[nH]nc(-c4cc5c(-c6ccc(F)cc6)cncc5[nH]4)c3n2)c1. The molecule has 32 heavy (non-hydrogen) atoms. The minimum Gasteiger partial charge on any atom is -0.506 e. The largest absolute Gasteiger partial charge is 0.506 e. The van der Waals surface area contributed by atoms with Gasteiger partial charge in [0.2, 0.25) is 0 Å². The van der Waals surface area contributed by atoms with Crippen LogP contribution in [0.15, 0.2) is 73.3 Å². The Morgan fingerprint density at radius 2 is 1.66 bits per heavy atom. The van der Waals surface area contributed by atoms with Crippen molar-refractivity contribution in [2.24, 2.45) is 0 Å². The van der Waals surface area contributed by atoms with E-state index in [-0.39, 0.29) is 11.6 Å². The molecule has 0 aliphatic heterocycles. The molecule has 0 spiro atoms. The molecular weight excluding hydrogens is 407 g/mol. The van der Waals surface area contributed by atoms with Crippen LogP contribution in [0.3, 0.4) is 0 Å². The maximum Gasteiger partial charge on any atom is 0.135 e. The molecule has 0 aliphatic carbocycles. The minimum atomic E-state index is -0.282. The zero-order valence-electron chi connectivity index (χ0n) is 16.5. The first kappa shape index (κ1) is 18.2. The Morgan fingerprint density at radius 1 is 0.812 bits per heavy atom. The Balaban J connectivity index is 1.50. The molecule has 0 amide bonds. The number of pyridine rings is 3. The van der Waals surface area contributed by atoms with Gasteiger partial charge < -0.3 is 10.1 Å². The predicted octanol–water partition coefficient (Wildman–Crippen LogP) is 5.07. The normalized spacial score (nSPS) is 11.4. The van der Waals surface area contributed by atoms with Gasteiger partial charge in [-0.05, 0) is 42.0 Å². The lowest BCUT2D eigenvalue weighted by Gasteiger charge is -2.02. The molecule has 8 heteroatoms. The van der Waals surface area contributed by atoms with Crippen LogP contribution < -0.4 is 0 Å². The number of nitrogens with one attached hydrogen (secondary N) is 2. The maximum absolute atomic E-state index is 13.4. The average Bonchev–Trinajstić information content (AvgIpc) is 3.43. The van der Waals surface area contributed by atoms with Crippen molar-refractivity contribution in [2.75, 3.05) is 0 Å². The van der Waals surface area contributed by atoms with E-state index in [0.717, 1.165) is 33.2 Å². The number of hydrogen-bond donors (Lipinski definition) is 3. The van der Waals surface area contributed by atoms with Gasteiger partial charge in [-0.15, -0.1) is 0 Å². The van der Waals surface area contributed by atoms with Gasteiger partial charge in [0.25, 0.3) is 0 Å². The number of halogens is 1. The molecule has 0 aliphatic rings. The van der Waals surface area contributed by atoms with Crippen LogP contribution in [0.5, 0.6) is 5.75 Å². The lowest BCUT2D eigenvalue weighted by molar-refractivity contribution is 0.473. The third-order valence-corrected chi connectivity index (χ3v) is 5.38. The lowest BCUT2D eigenvalue weighted by Crippen LogP contribution is -1.86. The highest BCUT2D eigenvalue weighted by atomic mass is 19.1. The summed E-state index contributed by atoms with van der Waals surface area (Å²) in [5.41, 5.74) is 6.90. The predicted molar refractivity (Wildman–Crippen MR) is 119 cm³/mol. The highest BCUT2D eigenvalue weighted by Gasteiger charge is 2.16. The molecular formula is C24H15FN6O. The second kappa shape index (κ2) is 6.98. The molecule has 3 N–H and O–H groups in total. The molecule has 7 nitrogen and oxygen atoms in total. The summed E-state index contributed by atoms with van der Waals surface area (Å²) in [7, 11) is 0. The zero-order chi connectivity index (χ0) is 21.7. The summed E-state index contributed by atoms with van der Waals surface area (Å²) in [6.07, 6.45) is 6.54. The number of benzene rings is 1. The Morgan fingerprint density at radius 3 is 2.50 bits per heavy atom. The van der Waals surface area contributed by atoms with Crippen molar-refractivity contribution in [3.63, 3.8) is 0 Å². The average molecular weight is 422 g/mol. The number of hydrogen-bond acceptors (Lipinski definition) is 5. The molecule has 0 unspecified atom stereocenters. The van der Waals surface area contributed by atoms with Crippen LogP contribution in [0, 0.1) is 5.82 Å². The van der Waals surface area contributed by atoms with Crippen LogP contribution in [0.25, 0.3) is 55.7 Å². The number of aromatic nitrogens is 6. The molecule has 6 rings (SSSR count). The molecule has 6 aromatic rings. The van der Waals surface area contributed by atoms with E-state index in [1.165, 1.54) is 18.3 Å². The van der Waals surface area contributed by atoms with Gasteiger partial charge in [-0.2, -0.15) is 5.10 Å². The molecule has 0 saturated heterocycles. The number of fused-ring (bicyclic) bond motifs is 2. The Labute approximate surface area is 180 Å². The maximum atomic E-state index is 13.4. The van der Waals surface area contributed by atoms with Crippen molar-refractivity contribution in [1.82, 2.24) is 30.1 Å². The van der Waals surface area contributed by atoms with Crippen LogP contribution in [0.1, 0.15) is 0 Å². The molecule has 0 bridgehead atoms. The van der Waals surface area contributed by atoms with Crippen LogP contribution >= 0.6 is 0 Å². The first-order chi connectivity index (χ1) is 15.7. The highest BCUT2D eigenvalue weighted by molar-refractivity contribution is 5.99. The lowest BCUT2D eigenvalue weighted by atomic mass is 10.0. The topological polar surface area (TPSA) is 103 Å². The van der Waals surface area contributed by atoms with E-state index in [2.05, 4.69) is 25.1 Å². The van der Waals surface area contributed by atoms with Gasteiger partial charge in [-0.1, -0.05) is 12.1 Å². The van der Waals surface area contributed by atoms with Crippen molar-refractivity contribution < 1.29 is 9.50 Å². The van der Waals surface area contributed by atoms with Gasteiger partial charge in [0.1, 0.15) is 22.8 Å². The van der Waals surface area contributed by atoms with Gasteiger partial charge in [0, 0.05) is 28.9 Å². The molecule has 154 valence electrons. The molecule has 0 fully saturated rings. The van der Waals surface area contributed by atoms with Crippen LogP contribution in [-0.4, -0.2) is 35.2 Å². The standard InChI is InChI=1S/C24H15FN6O/c25-15-3-1-13(2-4-15)18-11-27-12-22-17(18)8-21(28-22)24-23-20(30-31-24)6-5-19(29-23)14-7-16(32)10-26-9-14/h1-12,28,32H,(H,30,31). The number of aromatic amines is 2. The smallest absolute Gasteiger partial charge is 0.135 e. The van der Waals surface area contributed by atoms with E-state index in [9.17, 15) is 9.50 Å². The van der Waals surface area contributed by atoms with Gasteiger partial charge in [0.05, 0.1) is 34.8 Å². The second-order valence-electron chi connectivity index (χ2n) is 7.43. The van der Waals surface area contributed by atoms with E-state index >= 15 is 0 Å².